The van der Waals surface area contributed by atoms with Gasteiger partial charge in [0.05, 0.1) is 11.1 Å². The minimum absolute atomic E-state index is 0.0972. The maximum Gasteiger partial charge on any atom is 0.131 e. The first kappa shape index (κ1) is 11.2. The van der Waals surface area contributed by atoms with Gasteiger partial charge in [-0.3, -0.25) is 0 Å². The Balaban J connectivity index is 2.25. The van der Waals surface area contributed by atoms with Gasteiger partial charge in [-0.1, -0.05) is 11.4 Å². The van der Waals surface area contributed by atoms with E-state index in [9.17, 15) is 0 Å². The first-order valence-corrected chi connectivity index (χ1v) is 6.08. The molecule has 5 nitrogen and oxygen atoms in total. The first-order chi connectivity index (χ1) is 7.83. The van der Waals surface area contributed by atoms with E-state index in [4.69, 9.17) is 0 Å². The molecule has 0 amide bonds. The van der Waals surface area contributed by atoms with Crippen LogP contribution in [-0.2, 0) is 7.05 Å². The highest BCUT2D eigenvalue weighted by molar-refractivity contribution is 7.05. The van der Waals surface area contributed by atoms with Crippen molar-refractivity contribution >= 4 is 11.5 Å². The number of rotatable bonds is 5. The lowest BCUT2D eigenvalue weighted by molar-refractivity contribution is 0.561. The summed E-state index contributed by atoms with van der Waals surface area (Å²) in [6.45, 7) is 3.10. The molecule has 6 heteroatoms. The van der Waals surface area contributed by atoms with Crippen molar-refractivity contribution in [2.24, 2.45) is 7.05 Å². The van der Waals surface area contributed by atoms with E-state index in [0.29, 0.717) is 0 Å². The number of imidazole rings is 1. The summed E-state index contributed by atoms with van der Waals surface area (Å²) in [6, 6.07) is 0.0972. The maximum atomic E-state index is 4.38. The van der Waals surface area contributed by atoms with E-state index in [2.05, 4.69) is 26.8 Å². The van der Waals surface area contributed by atoms with E-state index < -0.39 is 0 Å². The highest BCUT2D eigenvalue weighted by Crippen LogP contribution is 2.21. The van der Waals surface area contributed by atoms with E-state index in [0.717, 1.165) is 23.7 Å². The molecule has 0 aliphatic heterocycles. The average molecular weight is 237 g/mol. The monoisotopic (exact) mass is 237 g/mol. The Morgan fingerprint density at radius 1 is 1.56 bits per heavy atom. The summed E-state index contributed by atoms with van der Waals surface area (Å²) < 4.78 is 5.93. The van der Waals surface area contributed by atoms with Gasteiger partial charge in [-0.05, 0) is 24.5 Å². The number of nitrogens with zero attached hydrogens (tertiary/aromatic N) is 4. The quantitative estimate of drug-likeness (QED) is 0.853. The Hall–Kier alpha value is -1.27. The van der Waals surface area contributed by atoms with Crippen LogP contribution in [0.15, 0.2) is 18.6 Å². The summed E-state index contributed by atoms with van der Waals surface area (Å²) in [5.41, 5.74) is 0. The molecule has 0 aliphatic rings. The summed E-state index contributed by atoms with van der Waals surface area (Å²) in [4.78, 5) is 5.48. The van der Waals surface area contributed by atoms with Gasteiger partial charge in [-0.15, -0.1) is 5.10 Å². The minimum atomic E-state index is 0.0972. The zero-order chi connectivity index (χ0) is 11.4. The molecule has 0 saturated carbocycles. The van der Waals surface area contributed by atoms with Crippen LogP contribution in [0.2, 0.25) is 0 Å². The summed E-state index contributed by atoms with van der Waals surface area (Å²) in [6.07, 6.45) is 6.65. The molecule has 0 fully saturated rings. The lowest BCUT2D eigenvalue weighted by Crippen LogP contribution is -2.25. The minimum Gasteiger partial charge on any atom is -0.336 e. The predicted octanol–water partition coefficient (Wildman–Crippen LogP) is 1.36. The van der Waals surface area contributed by atoms with Crippen molar-refractivity contribution in [2.75, 3.05) is 6.54 Å². The third-order valence-electron chi connectivity index (χ3n) is 2.38. The van der Waals surface area contributed by atoms with Gasteiger partial charge < -0.3 is 9.88 Å². The molecule has 0 aliphatic carbocycles. The molecular formula is C10H15N5S. The first-order valence-electron chi connectivity index (χ1n) is 5.30. The molecule has 1 N–H and O–H groups in total. The van der Waals surface area contributed by atoms with Gasteiger partial charge in [0.25, 0.3) is 0 Å². The van der Waals surface area contributed by atoms with Crippen molar-refractivity contribution in [3.63, 3.8) is 0 Å². The zero-order valence-electron chi connectivity index (χ0n) is 9.42. The second-order valence-corrected chi connectivity index (χ2v) is 4.42. The van der Waals surface area contributed by atoms with Gasteiger partial charge in [0, 0.05) is 19.4 Å². The van der Waals surface area contributed by atoms with E-state index in [1.807, 2.05) is 24.0 Å². The van der Waals surface area contributed by atoms with Gasteiger partial charge in [0.2, 0.25) is 0 Å². The van der Waals surface area contributed by atoms with Crippen LogP contribution in [0, 0.1) is 0 Å². The Morgan fingerprint density at radius 2 is 2.44 bits per heavy atom. The predicted molar refractivity (Wildman–Crippen MR) is 63.3 cm³/mol. The standard InChI is InChI=1S/C10H15N5S/c1-3-4-11-9(8-7-13-14-16-8)10-12-5-6-15(10)2/h5-7,9,11H,3-4H2,1-2H3. The van der Waals surface area contributed by atoms with Crippen LogP contribution in [0.25, 0.3) is 0 Å². The summed E-state index contributed by atoms with van der Waals surface area (Å²) in [7, 11) is 2.00. The van der Waals surface area contributed by atoms with Crippen molar-refractivity contribution in [1.29, 1.82) is 0 Å². The Labute approximate surface area is 98.7 Å². The molecule has 0 aromatic carbocycles. The highest BCUT2D eigenvalue weighted by Gasteiger charge is 2.19. The molecule has 0 saturated heterocycles. The molecular weight excluding hydrogens is 222 g/mol. The molecule has 0 radical (unpaired) electrons. The van der Waals surface area contributed by atoms with Gasteiger partial charge >= 0.3 is 0 Å². The number of nitrogens with one attached hydrogen (secondary N) is 1. The third kappa shape index (κ3) is 2.28. The topological polar surface area (TPSA) is 55.6 Å². The van der Waals surface area contributed by atoms with E-state index in [-0.39, 0.29) is 6.04 Å². The lowest BCUT2D eigenvalue weighted by atomic mass is 10.2. The SMILES string of the molecule is CCCNC(c1cnns1)c1nccn1C. The zero-order valence-corrected chi connectivity index (χ0v) is 10.2. The van der Waals surface area contributed by atoms with E-state index in [1.165, 1.54) is 11.5 Å². The van der Waals surface area contributed by atoms with Crippen molar-refractivity contribution in [1.82, 2.24) is 24.5 Å². The largest absolute Gasteiger partial charge is 0.336 e. The summed E-state index contributed by atoms with van der Waals surface area (Å²) in [5.74, 6) is 1.000. The fraction of sp³-hybridized carbons (Fsp3) is 0.500. The van der Waals surface area contributed by atoms with E-state index in [1.54, 1.807) is 6.20 Å². The molecule has 1 unspecified atom stereocenters. The van der Waals surface area contributed by atoms with Gasteiger partial charge in [0.15, 0.2) is 0 Å². The highest BCUT2D eigenvalue weighted by atomic mass is 32.1. The molecule has 16 heavy (non-hydrogen) atoms. The second-order valence-electron chi connectivity index (χ2n) is 3.60. The van der Waals surface area contributed by atoms with Gasteiger partial charge in [-0.25, -0.2) is 4.98 Å². The van der Waals surface area contributed by atoms with Crippen LogP contribution < -0.4 is 5.32 Å². The third-order valence-corrected chi connectivity index (χ3v) is 3.11. The number of hydrogen-bond acceptors (Lipinski definition) is 5. The molecule has 2 aromatic rings. The van der Waals surface area contributed by atoms with Crippen LogP contribution in [0.3, 0.4) is 0 Å². The van der Waals surface area contributed by atoms with Crippen molar-refractivity contribution in [2.45, 2.75) is 19.4 Å². The van der Waals surface area contributed by atoms with Crippen LogP contribution in [-0.4, -0.2) is 25.7 Å². The Kier molecular flexibility index (Phi) is 3.63. The number of hydrogen-bond donors (Lipinski definition) is 1. The molecule has 86 valence electrons. The average Bonchev–Trinajstić information content (AvgIpc) is 2.91. The molecule has 0 spiro atoms. The van der Waals surface area contributed by atoms with Crippen LogP contribution in [0.4, 0.5) is 0 Å². The molecule has 0 bridgehead atoms. The van der Waals surface area contributed by atoms with Crippen molar-refractivity contribution in [3.05, 3.63) is 29.3 Å². The number of aromatic nitrogens is 4. The smallest absolute Gasteiger partial charge is 0.131 e. The van der Waals surface area contributed by atoms with Crippen molar-refractivity contribution in [3.8, 4) is 0 Å². The lowest BCUT2D eigenvalue weighted by Gasteiger charge is -2.15. The van der Waals surface area contributed by atoms with E-state index >= 15 is 0 Å². The second kappa shape index (κ2) is 5.18. The fourth-order valence-electron chi connectivity index (χ4n) is 1.57. The van der Waals surface area contributed by atoms with Gasteiger partial charge in [-0.2, -0.15) is 0 Å². The maximum absolute atomic E-state index is 4.38. The summed E-state index contributed by atoms with van der Waals surface area (Å²) >= 11 is 1.41. The molecule has 1 atom stereocenters. The normalized spacial score (nSPS) is 12.9. The van der Waals surface area contributed by atoms with Crippen LogP contribution in [0.1, 0.15) is 30.1 Å². The van der Waals surface area contributed by atoms with Gasteiger partial charge in [0.1, 0.15) is 11.9 Å². The number of aryl methyl sites for hydroxylation is 1. The molecule has 2 heterocycles. The Bertz CT molecular complexity index is 422. The van der Waals surface area contributed by atoms with Crippen molar-refractivity contribution < 1.29 is 0 Å². The molecule has 2 aromatic heterocycles. The van der Waals surface area contributed by atoms with Crippen LogP contribution >= 0.6 is 11.5 Å². The summed E-state index contributed by atoms with van der Waals surface area (Å²) in [5, 5.41) is 7.34. The Morgan fingerprint density at radius 3 is 3.00 bits per heavy atom. The fourth-order valence-corrected chi connectivity index (χ4v) is 2.14. The van der Waals surface area contributed by atoms with Crippen LogP contribution in [0.5, 0.6) is 0 Å². The molecule has 2 rings (SSSR count).